The van der Waals surface area contributed by atoms with Crippen LogP contribution in [0.2, 0.25) is 0 Å². The van der Waals surface area contributed by atoms with Crippen molar-refractivity contribution in [3.63, 3.8) is 0 Å². The SMILES string of the molecule is CC(C)(C)c1ccc(C(N)=O)c(CCc2cc(C(C)(C)C)ccc2C(N)=O)c1. The van der Waals surface area contributed by atoms with E-state index in [1.54, 1.807) is 12.1 Å². The Hall–Kier alpha value is -2.62. The summed E-state index contributed by atoms with van der Waals surface area (Å²) in [7, 11) is 0. The van der Waals surface area contributed by atoms with E-state index in [0.29, 0.717) is 24.0 Å². The Labute approximate surface area is 168 Å². The summed E-state index contributed by atoms with van der Waals surface area (Å²) in [4.78, 5) is 23.8. The van der Waals surface area contributed by atoms with Crippen LogP contribution >= 0.6 is 0 Å². The van der Waals surface area contributed by atoms with Gasteiger partial charge in [0.2, 0.25) is 11.8 Å². The lowest BCUT2D eigenvalue weighted by Gasteiger charge is -2.22. The second-order valence-corrected chi connectivity index (χ2v) is 9.47. The van der Waals surface area contributed by atoms with Gasteiger partial charge in [0.1, 0.15) is 0 Å². The van der Waals surface area contributed by atoms with Crippen LogP contribution in [0.15, 0.2) is 36.4 Å². The molecule has 0 atom stereocenters. The highest BCUT2D eigenvalue weighted by atomic mass is 16.1. The first-order valence-corrected chi connectivity index (χ1v) is 9.67. The van der Waals surface area contributed by atoms with E-state index in [1.807, 2.05) is 12.1 Å². The van der Waals surface area contributed by atoms with Gasteiger partial charge in [0.05, 0.1) is 0 Å². The molecule has 0 heterocycles. The van der Waals surface area contributed by atoms with Gasteiger partial charge in [0, 0.05) is 11.1 Å². The van der Waals surface area contributed by atoms with Crippen LogP contribution in [0.5, 0.6) is 0 Å². The molecule has 0 fully saturated rings. The molecule has 0 spiro atoms. The van der Waals surface area contributed by atoms with Crippen molar-refractivity contribution in [3.8, 4) is 0 Å². The summed E-state index contributed by atoms with van der Waals surface area (Å²) in [5.74, 6) is -0.872. The molecular weight excluding hydrogens is 348 g/mol. The number of amides is 2. The maximum absolute atomic E-state index is 11.9. The minimum Gasteiger partial charge on any atom is -0.366 e. The Bertz CT molecular complexity index is 824. The van der Waals surface area contributed by atoms with Gasteiger partial charge in [0.25, 0.3) is 0 Å². The molecule has 0 aliphatic rings. The molecule has 2 rings (SSSR count). The lowest BCUT2D eigenvalue weighted by atomic mass is 9.83. The number of primary amides is 2. The summed E-state index contributed by atoms with van der Waals surface area (Å²) in [5.41, 5.74) is 16.3. The molecule has 0 radical (unpaired) electrons. The molecule has 0 aliphatic heterocycles. The van der Waals surface area contributed by atoms with Gasteiger partial charge in [-0.2, -0.15) is 0 Å². The van der Waals surface area contributed by atoms with Crippen molar-refractivity contribution >= 4 is 11.8 Å². The summed E-state index contributed by atoms with van der Waals surface area (Å²) in [6, 6.07) is 11.6. The molecular formula is C24H32N2O2. The number of benzene rings is 2. The predicted octanol–water partition coefficient (Wildman–Crippen LogP) is 4.26. The normalized spacial score (nSPS) is 12.1. The standard InChI is InChI=1S/C24H32N2O2/c1-23(2,3)17-9-11-19(21(25)27)15(13-17)7-8-16-14-18(24(4,5)6)10-12-20(16)22(26)28/h9-14H,7-8H2,1-6H3,(H2,25,27)(H2,26,28). The monoisotopic (exact) mass is 380 g/mol. The molecule has 4 N–H and O–H groups in total. The first kappa shape index (κ1) is 21.7. The van der Waals surface area contributed by atoms with E-state index in [9.17, 15) is 9.59 Å². The second-order valence-electron chi connectivity index (χ2n) is 9.47. The van der Waals surface area contributed by atoms with E-state index in [2.05, 4.69) is 53.7 Å². The quantitative estimate of drug-likeness (QED) is 0.812. The van der Waals surface area contributed by atoms with Gasteiger partial charge in [-0.25, -0.2) is 0 Å². The van der Waals surface area contributed by atoms with Crippen LogP contribution in [-0.4, -0.2) is 11.8 Å². The van der Waals surface area contributed by atoms with Crippen molar-refractivity contribution < 1.29 is 9.59 Å². The van der Waals surface area contributed by atoms with E-state index < -0.39 is 11.8 Å². The van der Waals surface area contributed by atoms with E-state index in [4.69, 9.17) is 11.5 Å². The number of carbonyl (C=O) groups is 2. The molecule has 4 nitrogen and oxygen atoms in total. The number of nitrogens with two attached hydrogens (primary N) is 2. The van der Waals surface area contributed by atoms with Crippen LogP contribution < -0.4 is 11.5 Å². The summed E-state index contributed by atoms with van der Waals surface area (Å²) >= 11 is 0. The zero-order valence-corrected chi connectivity index (χ0v) is 17.8. The Kier molecular flexibility index (Phi) is 6.03. The first-order valence-electron chi connectivity index (χ1n) is 9.67. The Balaban J connectivity index is 2.45. The average Bonchev–Trinajstić information content (AvgIpc) is 2.57. The summed E-state index contributed by atoms with van der Waals surface area (Å²) in [5, 5.41) is 0. The summed E-state index contributed by atoms with van der Waals surface area (Å²) < 4.78 is 0. The van der Waals surface area contributed by atoms with Crippen molar-refractivity contribution in [2.75, 3.05) is 0 Å². The molecule has 0 aromatic heterocycles. The van der Waals surface area contributed by atoms with Gasteiger partial charge in [-0.15, -0.1) is 0 Å². The zero-order valence-electron chi connectivity index (χ0n) is 17.8. The van der Waals surface area contributed by atoms with Crippen LogP contribution in [0.25, 0.3) is 0 Å². The van der Waals surface area contributed by atoms with Gasteiger partial charge < -0.3 is 11.5 Å². The maximum Gasteiger partial charge on any atom is 0.248 e. The molecule has 150 valence electrons. The lowest BCUT2D eigenvalue weighted by molar-refractivity contribution is 0.0990. The Morgan fingerprint density at radius 2 is 1.00 bits per heavy atom. The van der Waals surface area contributed by atoms with Crippen molar-refractivity contribution in [1.82, 2.24) is 0 Å². The number of hydrogen-bond donors (Lipinski definition) is 2. The molecule has 0 saturated heterocycles. The fraction of sp³-hybridized carbons (Fsp3) is 0.417. The zero-order chi connectivity index (χ0) is 21.3. The second kappa shape index (κ2) is 7.78. The average molecular weight is 381 g/mol. The molecule has 0 unspecified atom stereocenters. The number of aryl methyl sites for hydroxylation is 2. The van der Waals surface area contributed by atoms with E-state index in [0.717, 1.165) is 22.3 Å². The minimum atomic E-state index is -0.436. The topological polar surface area (TPSA) is 86.2 Å². The minimum absolute atomic E-state index is 0.0323. The lowest BCUT2D eigenvalue weighted by Crippen LogP contribution is -2.19. The maximum atomic E-state index is 11.9. The molecule has 4 heteroatoms. The number of carbonyl (C=O) groups excluding carboxylic acids is 2. The smallest absolute Gasteiger partial charge is 0.248 e. The van der Waals surface area contributed by atoms with Crippen molar-refractivity contribution in [3.05, 3.63) is 69.8 Å². The van der Waals surface area contributed by atoms with E-state index >= 15 is 0 Å². The van der Waals surface area contributed by atoms with Crippen LogP contribution in [0.4, 0.5) is 0 Å². The molecule has 2 amide bonds. The summed E-state index contributed by atoms with van der Waals surface area (Å²) in [6.45, 7) is 12.8. The fourth-order valence-electron chi connectivity index (χ4n) is 3.28. The van der Waals surface area contributed by atoms with Crippen molar-refractivity contribution in [2.45, 2.75) is 65.2 Å². The molecule has 0 bridgehead atoms. The largest absolute Gasteiger partial charge is 0.366 e. The Morgan fingerprint density at radius 3 is 1.25 bits per heavy atom. The highest BCUT2D eigenvalue weighted by Gasteiger charge is 2.20. The third-order valence-corrected chi connectivity index (χ3v) is 5.14. The third-order valence-electron chi connectivity index (χ3n) is 5.14. The number of rotatable bonds is 5. The molecule has 2 aromatic carbocycles. The van der Waals surface area contributed by atoms with E-state index in [1.165, 1.54) is 0 Å². The van der Waals surface area contributed by atoms with Gasteiger partial charge in [0.15, 0.2) is 0 Å². The van der Waals surface area contributed by atoms with E-state index in [-0.39, 0.29) is 10.8 Å². The van der Waals surface area contributed by atoms with Crippen LogP contribution in [0.1, 0.15) is 84.5 Å². The number of hydrogen-bond acceptors (Lipinski definition) is 2. The van der Waals surface area contributed by atoms with Crippen LogP contribution in [-0.2, 0) is 23.7 Å². The molecule has 0 saturated carbocycles. The van der Waals surface area contributed by atoms with Gasteiger partial charge in [-0.05, 0) is 58.1 Å². The van der Waals surface area contributed by atoms with Crippen LogP contribution in [0.3, 0.4) is 0 Å². The molecule has 0 aliphatic carbocycles. The van der Waals surface area contributed by atoms with Crippen LogP contribution in [0, 0.1) is 0 Å². The predicted molar refractivity (Wildman–Crippen MR) is 115 cm³/mol. The third kappa shape index (κ3) is 5.00. The summed E-state index contributed by atoms with van der Waals surface area (Å²) in [6.07, 6.45) is 1.21. The Morgan fingerprint density at radius 1 is 0.679 bits per heavy atom. The van der Waals surface area contributed by atoms with Crippen molar-refractivity contribution in [1.29, 1.82) is 0 Å². The highest BCUT2D eigenvalue weighted by molar-refractivity contribution is 5.95. The van der Waals surface area contributed by atoms with Gasteiger partial charge >= 0.3 is 0 Å². The molecule has 2 aromatic rings. The first-order chi connectivity index (χ1) is 12.8. The van der Waals surface area contributed by atoms with Gasteiger partial charge in [-0.1, -0.05) is 65.8 Å². The van der Waals surface area contributed by atoms with Crippen molar-refractivity contribution in [2.24, 2.45) is 11.5 Å². The highest BCUT2D eigenvalue weighted by Crippen LogP contribution is 2.28. The fourth-order valence-corrected chi connectivity index (χ4v) is 3.28. The molecule has 28 heavy (non-hydrogen) atoms. The van der Waals surface area contributed by atoms with Gasteiger partial charge in [-0.3, -0.25) is 9.59 Å².